The molecule has 1 N–H and O–H groups in total. The van der Waals surface area contributed by atoms with Crippen molar-refractivity contribution in [3.63, 3.8) is 0 Å². The number of fused-ring (bicyclic) bond motifs is 1. The Morgan fingerprint density at radius 3 is 2.84 bits per heavy atom. The molecule has 2 aromatic heterocycles. The fourth-order valence-corrected chi connectivity index (χ4v) is 4.91. The second-order valence-electron chi connectivity index (χ2n) is 6.85. The van der Waals surface area contributed by atoms with Crippen LogP contribution in [0.15, 0.2) is 17.8 Å². The van der Waals surface area contributed by atoms with Gasteiger partial charge in [-0.05, 0) is 25.2 Å². The molecule has 1 saturated heterocycles. The maximum atomic E-state index is 13.1. The number of hydrogen-bond donors (Lipinski definition) is 1. The average molecular weight is 360 g/mol. The number of nitrogens with zero attached hydrogens (tertiary/aromatic N) is 4. The van der Waals surface area contributed by atoms with Crippen molar-refractivity contribution in [3.05, 3.63) is 23.5 Å². The minimum atomic E-state index is -0.912. The summed E-state index contributed by atoms with van der Waals surface area (Å²) in [6.45, 7) is 0. The highest BCUT2D eigenvalue weighted by atomic mass is 32.1. The second kappa shape index (κ2) is 6.25. The number of aliphatic carboxylic acids is 1. The van der Waals surface area contributed by atoms with E-state index in [1.807, 2.05) is 13.2 Å². The zero-order chi connectivity index (χ0) is 17.6. The van der Waals surface area contributed by atoms with Gasteiger partial charge in [-0.1, -0.05) is 12.8 Å². The summed E-state index contributed by atoms with van der Waals surface area (Å²) >= 11 is 1.38. The van der Waals surface area contributed by atoms with Crippen LogP contribution < -0.4 is 0 Å². The van der Waals surface area contributed by atoms with Gasteiger partial charge in [0.25, 0.3) is 5.91 Å². The molecule has 0 aromatic carbocycles. The second-order valence-corrected chi connectivity index (χ2v) is 7.71. The molecule has 3 unspecified atom stereocenters. The topological polar surface area (TPSA) is 88.3 Å². The van der Waals surface area contributed by atoms with Crippen LogP contribution in [0.4, 0.5) is 0 Å². The number of amides is 1. The molecular weight excluding hydrogens is 340 g/mol. The van der Waals surface area contributed by atoms with Gasteiger partial charge >= 0.3 is 5.97 Å². The van der Waals surface area contributed by atoms with E-state index in [4.69, 9.17) is 0 Å². The molecule has 25 heavy (non-hydrogen) atoms. The summed E-state index contributed by atoms with van der Waals surface area (Å²) in [7, 11) is 1.83. The summed E-state index contributed by atoms with van der Waals surface area (Å²) in [5, 5.41) is 16.2. The van der Waals surface area contributed by atoms with Gasteiger partial charge in [0.15, 0.2) is 0 Å². The summed E-state index contributed by atoms with van der Waals surface area (Å²) in [6.07, 6.45) is 8.19. The first-order valence-electron chi connectivity index (χ1n) is 8.54. The molecule has 2 aliphatic rings. The molecule has 8 heteroatoms. The van der Waals surface area contributed by atoms with E-state index in [1.54, 1.807) is 21.2 Å². The van der Waals surface area contributed by atoms with Crippen molar-refractivity contribution in [1.82, 2.24) is 19.7 Å². The third kappa shape index (κ3) is 2.84. The number of aryl methyl sites for hydroxylation is 1. The molecule has 132 valence electrons. The maximum Gasteiger partial charge on any atom is 0.326 e. The predicted molar refractivity (Wildman–Crippen MR) is 92.3 cm³/mol. The number of aromatic nitrogens is 3. The normalized spacial score (nSPS) is 25.8. The monoisotopic (exact) mass is 360 g/mol. The molecule has 0 spiro atoms. The minimum Gasteiger partial charge on any atom is -0.480 e. The van der Waals surface area contributed by atoms with Crippen LogP contribution in [0.25, 0.3) is 10.6 Å². The summed E-state index contributed by atoms with van der Waals surface area (Å²) in [6, 6.07) is -0.699. The Kier molecular flexibility index (Phi) is 4.07. The highest BCUT2D eigenvalue weighted by Crippen LogP contribution is 2.40. The first-order valence-corrected chi connectivity index (χ1v) is 9.42. The number of carboxylic acids is 1. The van der Waals surface area contributed by atoms with E-state index in [-0.39, 0.29) is 11.9 Å². The number of carbonyl (C=O) groups excluding carboxylic acids is 1. The lowest BCUT2D eigenvalue weighted by molar-refractivity contribution is -0.141. The van der Waals surface area contributed by atoms with Crippen molar-refractivity contribution in [2.45, 2.75) is 44.2 Å². The van der Waals surface area contributed by atoms with E-state index in [0.29, 0.717) is 18.0 Å². The Bertz CT molecular complexity index is 814. The molecule has 1 saturated carbocycles. The summed E-state index contributed by atoms with van der Waals surface area (Å²) < 4.78 is 1.69. The molecule has 3 atom stereocenters. The number of carbonyl (C=O) groups is 2. The maximum absolute atomic E-state index is 13.1. The standard InChI is InChI=1S/C17H20N4O3S/c1-20-8-11(7-18-20)15-19-12(9-25-15)16(22)21-13-5-3-2-4-10(13)6-14(21)17(23)24/h7-10,13-14H,2-6H2,1H3,(H,23,24). The molecule has 3 heterocycles. The van der Waals surface area contributed by atoms with Crippen molar-refractivity contribution in [3.8, 4) is 10.6 Å². The van der Waals surface area contributed by atoms with E-state index in [9.17, 15) is 14.7 Å². The van der Waals surface area contributed by atoms with Gasteiger partial charge in [0.1, 0.15) is 16.7 Å². The van der Waals surface area contributed by atoms with Crippen LogP contribution in [-0.2, 0) is 11.8 Å². The molecule has 7 nitrogen and oxygen atoms in total. The minimum absolute atomic E-state index is 0.0332. The van der Waals surface area contributed by atoms with Crippen molar-refractivity contribution in [2.24, 2.45) is 13.0 Å². The van der Waals surface area contributed by atoms with Crippen LogP contribution in [0.5, 0.6) is 0 Å². The van der Waals surface area contributed by atoms with E-state index in [0.717, 1.165) is 36.3 Å². The lowest BCUT2D eigenvalue weighted by Crippen LogP contribution is -2.46. The molecule has 2 fully saturated rings. The van der Waals surface area contributed by atoms with Crippen LogP contribution in [0, 0.1) is 5.92 Å². The fraction of sp³-hybridized carbons (Fsp3) is 0.529. The number of rotatable bonds is 3. The van der Waals surface area contributed by atoms with Gasteiger partial charge in [-0.2, -0.15) is 5.10 Å². The Hall–Kier alpha value is -2.22. The number of hydrogen-bond acceptors (Lipinski definition) is 5. The predicted octanol–water partition coefficient (Wildman–Crippen LogP) is 2.40. The third-order valence-corrected chi connectivity index (χ3v) is 6.17. The fourth-order valence-electron chi connectivity index (χ4n) is 4.14. The Morgan fingerprint density at radius 1 is 1.32 bits per heavy atom. The summed E-state index contributed by atoms with van der Waals surface area (Å²) in [4.78, 5) is 30.8. The molecule has 0 bridgehead atoms. The summed E-state index contributed by atoms with van der Waals surface area (Å²) in [5.74, 6) is -0.867. The van der Waals surface area contributed by atoms with Crippen LogP contribution >= 0.6 is 11.3 Å². The van der Waals surface area contributed by atoms with Gasteiger partial charge in [0.2, 0.25) is 0 Å². The van der Waals surface area contributed by atoms with E-state index < -0.39 is 12.0 Å². The molecule has 2 aromatic rings. The van der Waals surface area contributed by atoms with Gasteiger partial charge in [0.05, 0.1) is 6.20 Å². The smallest absolute Gasteiger partial charge is 0.326 e. The lowest BCUT2D eigenvalue weighted by atomic mass is 9.84. The van der Waals surface area contributed by atoms with Crippen LogP contribution in [0.3, 0.4) is 0 Å². The largest absolute Gasteiger partial charge is 0.480 e. The van der Waals surface area contributed by atoms with Crippen LogP contribution in [0.1, 0.15) is 42.6 Å². The third-order valence-electron chi connectivity index (χ3n) is 5.28. The first-order chi connectivity index (χ1) is 12.0. The van der Waals surface area contributed by atoms with Crippen molar-refractivity contribution < 1.29 is 14.7 Å². The van der Waals surface area contributed by atoms with Gasteiger partial charge in [-0.25, -0.2) is 9.78 Å². The zero-order valence-electron chi connectivity index (χ0n) is 14.0. The molecule has 0 radical (unpaired) electrons. The van der Waals surface area contributed by atoms with Gasteiger partial charge in [-0.15, -0.1) is 11.3 Å². The SMILES string of the molecule is Cn1cc(-c2nc(C(=O)N3C(C(=O)O)CC4CCCCC43)cs2)cn1. The highest BCUT2D eigenvalue weighted by Gasteiger charge is 2.48. The number of likely N-dealkylation sites (tertiary alicyclic amines) is 1. The highest BCUT2D eigenvalue weighted by molar-refractivity contribution is 7.13. The lowest BCUT2D eigenvalue weighted by Gasteiger charge is -2.32. The van der Waals surface area contributed by atoms with Crippen molar-refractivity contribution in [2.75, 3.05) is 0 Å². The van der Waals surface area contributed by atoms with Gasteiger partial charge in [-0.3, -0.25) is 9.48 Å². The first kappa shape index (κ1) is 16.3. The zero-order valence-corrected chi connectivity index (χ0v) is 14.8. The van der Waals surface area contributed by atoms with Crippen molar-refractivity contribution >= 4 is 23.2 Å². The Balaban J connectivity index is 1.62. The molecule has 4 rings (SSSR count). The molecular formula is C17H20N4O3S. The van der Waals surface area contributed by atoms with E-state index in [1.165, 1.54) is 11.3 Å². The molecule has 1 aliphatic carbocycles. The quantitative estimate of drug-likeness (QED) is 0.908. The Labute approximate surface area is 149 Å². The van der Waals surface area contributed by atoms with Crippen LogP contribution in [0.2, 0.25) is 0 Å². The number of thiazole rings is 1. The van der Waals surface area contributed by atoms with E-state index in [2.05, 4.69) is 10.1 Å². The Morgan fingerprint density at radius 2 is 2.12 bits per heavy atom. The molecule has 1 aliphatic heterocycles. The van der Waals surface area contributed by atoms with Gasteiger partial charge in [0, 0.05) is 30.2 Å². The van der Waals surface area contributed by atoms with Gasteiger partial charge < -0.3 is 10.0 Å². The summed E-state index contributed by atoms with van der Waals surface area (Å²) in [5.41, 5.74) is 1.19. The number of carboxylic acid groups (broad SMARTS) is 1. The van der Waals surface area contributed by atoms with Crippen LogP contribution in [-0.4, -0.2) is 48.7 Å². The van der Waals surface area contributed by atoms with E-state index >= 15 is 0 Å². The van der Waals surface area contributed by atoms with Crippen molar-refractivity contribution in [1.29, 1.82) is 0 Å². The molecule has 1 amide bonds. The average Bonchev–Trinajstić information content (AvgIpc) is 3.31.